The number of aromatic nitrogens is 2. The Morgan fingerprint density at radius 3 is 2.62 bits per heavy atom. The van der Waals surface area contributed by atoms with E-state index >= 15 is 0 Å². The number of aryl methyl sites for hydroxylation is 2. The number of aromatic amines is 1. The highest BCUT2D eigenvalue weighted by molar-refractivity contribution is 5.00. The molecule has 1 heterocycles. The monoisotopic (exact) mass is 226 g/mol. The summed E-state index contributed by atoms with van der Waals surface area (Å²) in [5, 5.41) is 0. The van der Waals surface area contributed by atoms with Crippen LogP contribution in [0.25, 0.3) is 0 Å². The normalized spacial score (nSPS) is 11.8. The highest BCUT2D eigenvalue weighted by atomic mass is 16.5. The van der Waals surface area contributed by atoms with E-state index in [1.807, 2.05) is 13.8 Å². The number of rotatable bonds is 4. The van der Waals surface area contributed by atoms with Crippen molar-refractivity contribution in [2.75, 3.05) is 7.11 Å². The summed E-state index contributed by atoms with van der Waals surface area (Å²) in [6.07, 6.45) is 2.28. The molecule has 0 spiro atoms. The van der Waals surface area contributed by atoms with Crippen LogP contribution in [-0.4, -0.2) is 22.3 Å². The minimum Gasteiger partial charge on any atom is -0.379 e. The van der Waals surface area contributed by atoms with Gasteiger partial charge in [0.25, 0.3) is 5.56 Å². The Morgan fingerprint density at radius 2 is 2.06 bits per heavy atom. The van der Waals surface area contributed by atoms with Gasteiger partial charge in [0.2, 0.25) is 0 Å². The topological polar surface area (TPSA) is 64.1 Å². The molecule has 1 aromatic rings. The van der Waals surface area contributed by atoms with E-state index in [0.717, 1.165) is 0 Å². The average Bonchev–Trinajstić information content (AvgIpc) is 2.22. The second-order valence-electron chi connectivity index (χ2n) is 4.48. The minimum atomic E-state index is -0.373. The van der Waals surface area contributed by atoms with E-state index < -0.39 is 0 Å². The van der Waals surface area contributed by atoms with E-state index in [-0.39, 0.29) is 16.9 Å². The van der Waals surface area contributed by atoms with Crippen LogP contribution in [0.3, 0.4) is 0 Å². The molecule has 0 amide bonds. The Labute approximate surface area is 94.1 Å². The fourth-order valence-corrected chi connectivity index (χ4v) is 1.28. The van der Waals surface area contributed by atoms with Gasteiger partial charge in [0, 0.05) is 25.4 Å². The third-order valence-corrected chi connectivity index (χ3v) is 2.70. The van der Waals surface area contributed by atoms with Crippen molar-refractivity contribution in [2.45, 2.75) is 39.3 Å². The second-order valence-corrected chi connectivity index (χ2v) is 4.48. The van der Waals surface area contributed by atoms with E-state index in [4.69, 9.17) is 4.74 Å². The molecule has 0 fully saturated rings. The molecular formula is C11H18N2O3. The first-order chi connectivity index (χ1) is 7.35. The van der Waals surface area contributed by atoms with E-state index in [2.05, 4.69) is 4.98 Å². The Hall–Kier alpha value is -1.36. The maximum absolute atomic E-state index is 11.5. The highest BCUT2D eigenvalue weighted by Gasteiger charge is 2.16. The third-order valence-electron chi connectivity index (χ3n) is 2.70. The standard InChI is InChI=1S/C11H18N2O3/c1-8-7-13(10(15)12-9(8)14)6-5-11(2,3)16-4/h7H,5-6H2,1-4H3,(H,12,14,15). The number of H-pyrrole nitrogens is 1. The van der Waals surface area contributed by atoms with Crippen LogP contribution in [0.15, 0.2) is 15.8 Å². The van der Waals surface area contributed by atoms with Gasteiger partial charge in [0.1, 0.15) is 0 Å². The second kappa shape index (κ2) is 4.65. The minimum absolute atomic E-state index is 0.274. The smallest absolute Gasteiger partial charge is 0.328 e. The SMILES string of the molecule is COC(C)(C)CCn1cc(C)c(=O)[nH]c1=O. The van der Waals surface area contributed by atoms with Crippen molar-refractivity contribution < 1.29 is 4.74 Å². The number of methoxy groups -OCH3 is 1. The van der Waals surface area contributed by atoms with Crippen molar-refractivity contribution >= 4 is 0 Å². The lowest BCUT2D eigenvalue weighted by atomic mass is 10.1. The summed E-state index contributed by atoms with van der Waals surface area (Å²) in [4.78, 5) is 24.9. The molecule has 0 radical (unpaired) electrons. The van der Waals surface area contributed by atoms with Gasteiger partial charge in [-0.3, -0.25) is 9.78 Å². The van der Waals surface area contributed by atoms with Gasteiger partial charge in [0.05, 0.1) is 5.60 Å². The largest absolute Gasteiger partial charge is 0.379 e. The molecule has 16 heavy (non-hydrogen) atoms. The number of hydrogen-bond acceptors (Lipinski definition) is 3. The quantitative estimate of drug-likeness (QED) is 0.820. The van der Waals surface area contributed by atoms with Crippen LogP contribution >= 0.6 is 0 Å². The first-order valence-electron chi connectivity index (χ1n) is 5.21. The zero-order chi connectivity index (χ0) is 12.3. The molecule has 0 atom stereocenters. The lowest BCUT2D eigenvalue weighted by Crippen LogP contribution is -2.33. The van der Waals surface area contributed by atoms with Crippen LogP contribution in [0.5, 0.6) is 0 Å². The summed E-state index contributed by atoms with van der Waals surface area (Å²) in [5.41, 5.74) is -0.437. The van der Waals surface area contributed by atoms with Gasteiger partial charge < -0.3 is 9.30 Å². The summed E-state index contributed by atoms with van der Waals surface area (Å²) >= 11 is 0. The van der Waals surface area contributed by atoms with E-state index in [1.54, 1.807) is 20.2 Å². The first kappa shape index (κ1) is 12.7. The van der Waals surface area contributed by atoms with Crippen LogP contribution < -0.4 is 11.2 Å². The van der Waals surface area contributed by atoms with Crippen molar-refractivity contribution in [1.29, 1.82) is 0 Å². The number of ether oxygens (including phenoxy) is 1. The molecule has 0 bridgehead atoms. The summed E-state index contributed by atoms with van der Waals surface area (Å²) in [7, 11) is 1.64. The van der Waals surface area contributed by atoms with Crippen LogP contribution in [0.2, 0.25) is 0 Å². The molecule has 0 aromatic carbocycles. The van der Waals surface area contributed by atoms with Gasteiger partial charge in [-0.05, 0) is 27.2 Å². The molecule has 1 aromatic heterocycles. The highest BCUT2D eigenvalue weighted by Crippen LogP contribution is 2.13. The summed E-state index contributed by atoms with van der Waals surface area (Å²) in [6, 6.07) is 0. The molecule has 0 saturated heterocycles. The number of nitrogens with one attached hydrogen (secondary N) is 1. The van der Waals surface area contributed by atoms with Gasteiger partial charge in [-0.1, -0.05) is 0 Å². The molecule has 1 rings (SSSR count). The van der Waals surface area contributed by atoms with Gasteiger partial charge in [-0.15, -0.1) is 0 Å². The molecule has 5 heteroatoms. The average molecular weight is 226 g/mol. The van der Waals surface area contributed by atoms with Crippen molar-refractivity contribution in [3.8, 4) is 0 Å². The predicted molar refractivity (Wildman–Crippen MR) is 61.8 cm³/mol. The van der Waals surface area contributed by atoms with Crippen LogP contribution in [0.1, 0.15) is 25.8 Å². The van der Waals surface area contributed by atoms with Crippen LogP contribution in [0.4, 0.5) is 0 Å². The van der Waals surface area contributed by atoms with E-state index in [0.29, 0.717) is 18.5 Å². The molecule has 0 unspecified atom stereocenters. The van der Waals surface area contributed by atoms with Crippen molar-refractivity contribution in [1.82, 2.24) is 9.55 Å². The molecule has 0 aliphatic rings. The molecule has 0 aliphatic heterocycles. The summed E-state index contributed by atoms with van der Waals surface area (Å²) < 4.78 is 6.76. The molecule has 5 nitrogen and oxygen atoms in total. The van der Waals surface area contributed by atoms with Crippen molar-refractivity contribution in [3.63, 3.8) is 0 Å². The van der Waals surface area contributed by atoms with Crippen LogP contribution in [0, 0.1) is 6.92 Å². The molecule has 90 valence electrons. The lowest BCUT2D eigenvalue weighted by Gasteiger charge is -2.22. The molecule has 0 saturated carbocycles. The van der Waals surface area contributed by atoms with Crippen molar-refractivity contribution in [2.24, 2.45) is 0 Å². The van der Waals surface area contributed by atoms with Gasteiger partial charge in [-0.2, -0.15) is 0 Å². The maximum atomic E-state index is 11.5. The lowest BCUT2D eigenvalue weighted by molar-refractivity contribution is 0.0117. The zero-order valence-corrected chi connectivity index (χ0v) is 10.2. The summed E-state index contributed by atoms with van der Waals surface area (Å²) in [5.74, 6) is 0. The fraction of sp³-hybridized carbons (Fsp3) is 0.636. The van der Waals surface area contributed by atoms with Gasteiger partial charge in [0.15, 0.2) is 0 Å². The Bertz CT molecular complexity index is 471. The summed E-state index contributed by atoms with van der Waals surface area (Å²) in [6.45, 7) is 6.11. The van der Waals surface area contributed by atoms with E-state index in [1.165, 1.54) is 4.57 Å². The fourth-order valence-electron chi connectivity index (χ4n) is 1.28. The molecule has 0 aliphatic carbocycles. The Morgan fingerprint density at radius 1 is 1.44 bits per heavy atom. The van der Waals surface area contributed by atoms with Gasteiger partial charge in [-0.25, -0.2) is 4.79 Å². The maximum Gasteiger partial charge on any atom is 0.328 e. The molecule has 1 N–H and O–H groups in total. The molecular weight excluding hydrogens is 208 g/mol. The van der Waals surface area contributed by atoms with E-state index in [9.17, 15) is 9.59 Å². The Kier molecular flexibility index (Phi) is 3.70. The van der Waals surface area contributed by atoms with Crippen molar-refractivity contribution in [3.05, 3.63) is 32.6 Å². The Balaban J connectivity index is 2.87. The first-order valence-corrected chi connectivity index (χ1v) is 5.21. The number of hydrogen-bond donors (Lipinski definition) is 1. The third kappa shape index (κ3) is 3.06. The number of nitrogens with zero attached hydrogens (tertiary/aromatic N) is 1. The van der Waals surface area contributed by atoms with Gasteiger partial charge >= 0.3 is 5.69 Å². The van der Waals surface area contributed by atoms with Crippen LogP contribution in [-0.2, 0) is 11.3 Å². The zero-order valence-electron chi connectivity index (χ0n) is 10.2. The predicted octanol–water partition coefficient (Wildman–Crippen LogP) is 0.660.